The van der Waals surface area contributed by atoms with Gasteiger partial charge in [-0.2, -0.15) is 4.98 Å². The van der Waals surface area contributed by atoms with E-state index in [-0.39, 0.29) is 0 Å². The van der Waals surface area contributed by atoms with Crippen molar-refractivity contribution in [3.63, 3.8) is 0 Å². The van der Waals surface area contributed by atoms with Crippen molar-refractivity contribution < 1.29 is 9.15 Å². The Balaban J connectivity index is 1.53. The van der Waals surface area contributed by atoms with Crippen LogP contribution in [0, 0.1) is 0 Å². The lowest BCUT2D eigenvalue weighted by molar-refractivity contribution is 0.467. The monoisotopic (exact) mass is 413 g/mol. The van der Waals surface area contributed by atoms with E-state index in [1.54, 1.807) is 35.9 Å². The quantitative estimate of drug-likeness (QED) is 0.381. The molecule has 0 amide bonds. The van der Waals surface area contributed by atoms with E-state index in [0.717, 1.165) is 40.4 Å². The van der Waals surface area contributed by atoms with Gasteiger partial charge in [0.1, 0.15) is 16.2 Å². The minimum Gasteiger partial charge on any atom is -0.438 e. The summed E-state index contributed by atoms with van der Waals surface area (Å²) in [5.74, 6) is 1.67. The molecular weight excluding hydrogens is 398 g/mol. The molecule has 4 aromatic heterocycles. The Kier molecular flexibility index (Phi) is 3.89. The SMILES string of the molecule is O=c1ccc2ccc(Oc3nc(-c4cccnc4)nc4sc5c(c34)CCC5)cc2o1. The van der Waals surface area contributed by atoms with Crippen LogP contribution in [-0.4, -0.2) is 15.0 Å². The van der Waals surface area contributed by atoms with E-state index in [9.17, 15) is 4.79 Å². The van der Waals surface area contributed by atoms with Crippen LogP contribution >= 0.6 is 11.3 Å². The summed E-state index contributed by atoms with van der Waals surface area (Å²) in [6, 6.07) is 12.4. The Morgan fingerprint density at radius 2 is 2.00 bits per heavy atom. The lowest BCUT2D eigenvalue weighted by Crippen LogP contribution is -1.97. The van der Waals surface area contributed by atoms with E-state index in [4.69, 9.17) is 19.1 Å². The Morgan fingerprint density at radius 1 is 1.07 bits per heavy atom. The summed E-state index contributed by atoms with van der Waals surface area (Å²) in [5, 5.41) is 1.82. The van der Waals surface area contributed by atoms with Crippen molar-refractivity contribution in [3.8, 4) is 23.0 Å². The summed E-state index contributed by atoms with van der Waals surface area (Å²) in [6.07, 6.45) is 6.69. The van der Waals surface area contributed by atoms with E-state index in [2.05, 4.69) is 4.98 Å². The molecule has 0 aliphatic heterocycles. The van der Waals surface area contributed by atoms with Gasteiger partial charge in [0, 0.05) is 40.4 Å². The van der Waals surface area contributed by atoms with Crippen LogP contribution in [-0.2, 0) is 12.8 Å². The Hall–Kier alpha value is -3.58. The molecule has 1 aliphatic carbocycles. The van der Waals surface area contributed by atoms with Crippen molar-refractivity contribution in [2.45, 2.75) is 19.3 Å². The molecule has 0 saturated heterocycles. The number of nitrogens with zero attached hydrogens (tertiary/aromatic N) is 3. The van der Waals surface area contributed by atoms with Gasteiger partial charge in [-0.3, -0.25) is 4.98 Å². The maximum atomic E-state index is 11.6. The molecule has 0 unspecified atom stereocenters. The fraction of sp³-hybridized carbons (Fsp3) is 0.130. The van der Waals surface area contributed by atoms with Gasteiger partial charge in [-0.15, -0.1) is 11.3 Å². The Labute approximate surface area is 174 Å². The first-order valence-electron chi connectivity index (χ1n) is 9.69. The molecule has 1 aliphatic rings. The molecule has 0 N–H and O–H groups in total. The first-order chi connectivity index (χ1) is 14.7. The molecule has 30 heavy (non-hydrogen) atoms. The van der Waals surface area contributed by atoms with Gasteiger partial charge in [-0.05, 0) is 55.2 Å². The van der Waals surface area contributed by atoms with Crippen LogP contribution in [0.1, 0.15) is 16.9 Å². The fourth-order valence-electron chi connectivity index (χ4n) is 3.88. The normalized spacial score (nSPS) is 13.1. The molecule has 0 radical (unpaired) electrons. The summed E-state index contributed by atoms with van der Waals surface area (Å²) in [6.45, 7) is 0. The van der Waals surface area contributed by atoms with Gasteiger partial charge in [0.25, 0.3) is 0 Å². The highest BCUT2D eigenvalue weighted by atomic mass is 32.1. The van der Waals surface area contributed by atoms with Crippen LogP contribution in [0.2, 0.25) is 0 Å². The van der Waals surface area contributed by atoms with Crippen molar-refractivity contribution in [1.82, 2.24) is 15.0 Å². The van der Waals surface area contributed by atoms with E-state index < -0.39 is 5.63 Å². The van der Waals surface area contributed by atoms with Gasteiger partial charge in [-0.1, -0.05) is 0 Å². The number of hydrogen-bond acceptors (Lipinski definition) is 7. The van der Waals surface area contributed by atoms with Crippen molar-refractivity contribution in [3.05, 3.63) is 75.7 Å². The summed E-state index contributed by atoms with van der Waals surface area (Å²) < 4.78 is 11.6. The second kappa shape index (κ2) is 6.74. The van der Waals surface area contributed by atoms with Gasteiger partial charge < -0.3 is 9.15 Å². The fourth-order valence-corrected chi connectivity index (χ4v) is 5.13. The lowest BCUT2D eigenvalue weighted by Gasteiger charge is -2.10. The van der Waals surface area contributed by atoms with Gasteiger partial charge in [0.15, 0.2) is 5.82 Å². The maximum absolute atomic E-state index is 11.6. The number of hydrogen-bond donors (Lipinski definition) is 0. The highest BCUT2D eigenvalue weighted by Gasteiger charge is 2.24. The topological polar surface area (TPSA) is 78.1 Å². The number of thiophene rings is 1. The largest absolute Gasteiger partial charge is 0.438 e. The van der Waals surface area contributed by atoms with E-state index in [0.29, 0.717) is 23.0 Å². The average molecular weight is 413 g/mol. The molecule has 0 saturated carbocycles. The van der Waals surface area contributed by atoms with Gasteiger partial charge in [-0.25, -0.2) is 9.78 Å². The van der Waals surface area contributed by atoms with Crippen LogP contribution in [0.4, 0.5) is 0 Å². The number of rotatable bonds is 3. The molecule has 1 aromatic carbocycles. The highest BCUT2D eigenvalue weighted by molar-refractivity contribution is 7.19. The van der Waals surface area contributed by atoms with E-state index >= 15 is 0 Å². The standard InChI is InChI=1S/C23H15N3O3S/c27-19-9-7-13-6-8-15(11-17(13)29-19)28-22-20-16-4-1-5-18(16)30-23(20)26-21(25-22)14-3-2-10-24-12-14/h2-3,6-12H,1,4-5H2. The first-order valence-corrected chi connectivity index (χ1v) is 10.5. The second-order valence-electron chi connectivity index (χ2n) is 7.19. The zero-order chi connectivity index (χ0) is 20.1. The summed E-state index contributed by atoms with van der Waals surface area (Å²) in [7, 11) is 0. The second-order valence-corrected chi connectivity index (χ2v) is 8.27. The summed E-state index contributed by atoms with van der Waals surface area (Å²) in [5.41, 5.74) is 2.21. The first kappa shape index (κ1) is 17.3. The van der Waals surface area contributed by atoms with Crippen molar-refractivity contribution in [2.24, 2.45) is 0 Å². The van der Waals surface area contributed by atoms with E-state index in [1.165, 1.54) is 16.5 Å². The van der Waals surface area contributed by atoms with Gasteiger partial charge in [0.05, 0.1) is 5.39 Å². The number of benzene rings is 1. The van der Waals surface area contributed by atoms with Crippen molar-refractivity contribution >= 4 is 32.5 Å². The van der Waals surface area contributed by atoms with Crippen LogP contribution in [0.25, 0.3) is 32.6 Å². The number of fused-ring (bicyclic) bond motifs is 4. The van der Waals surface area contributed by atoms with Crippen LogP contribution < -0.4 is 10.4 Å². The van der Waals surface area contributed by atoms with Gasteiger partial charge >= 0.3 is 5.63 Å². The molecule has 7 heteroatoms. The third-order valence-corrected chi connectivity index (χ3v) is 6.45. The lowest BCUT2D eigenvalue weighted by atomic mass is 10.2. The Bertz CT molecular complexity index is 1470. The van der Waals surface area contributed by atoms with Crippen LogP contribution in [0.15, 0.2) is 64.1 Å². The molecule has 6 rings (SSSR count). The minimum absolute atomic E-state index is 0.390. The zero-order valence-corrected chi connectivity index (χ0v) is 16.6. The third-order valence-electron chi connectivity index (χ3n) is 5.26. The highest BCUT2D eigenvalue weighted by Crippen LogP contribution is 2.42. The average Bonchev–Trinajstić information content (AvgIpc) is 3.35. The molecule has 146 valence electrons. The van der Waals surface area contributed by atoms with E-state index in [1.807, 2.05) is 24.3 Å². The smallest absolute Gasteiger partial charge is 0.336 e. The zero-order valence-electron chi connectivity index (χ0n) is 15.8. The molecule has 5 aromatic rings. The number of aromatic nitrogens is 3. The van der Waals surface area contributed by atoms with Crippen LogP contribution in [0.3, 0.4) is 0 Å². The number of aryl methyl sites for hydroxylation is 2. The number of ether oxygens (including phenoxy) is 1. The predicted molar refractivity (Wildman–Crippen MR) is 115 cm³/mol. The van der Waals surface area contributed by atoms with Crippen molar-refractivity contribution in [2.75, 3.05) is 0 Å². The molecule has 4 heterocycles. The minimum atomic E-state index is -0.390. The molecule has 6 nitrogen and oxygen atoms in total. The predicted octanol–water partition coefficient (Wildman–Crippen LogP) is 5.14. The molecule has 0 fully saturated rings. The molecule has 0 atom stereocenters. The molecule has 0 spiro atoms. The molecular formula is C23H15N3O3S. The summed E-state index contributed by atoms with van der Waals surface area (Å²) in [4.78, 5) is 27.6. The van der Waals surface area contributed by atoms with Crippen LogP contribution in [0.5, 0.6) is 11.6 Å². The molecule has 0 bridgehead atoms. The van der Waals surface area contributed by atoms with Gasteiger partial charge in [0.2, 0.25) is 5.88 Å². The maximum Gasteiger partial charge on any atom is 0.336 e. The Morgan fingerprint density at radius 3 is 2.90 bits per heavy atom. The number of pyridine rings is 1. The van der Waals surface area contributed by atoms with Crippen molar-refractivity contribution in [1.29, 1.82) is 0 Å². The summed E-state index contributed by atoms with van der Waals surface area (Å²) >= 11 is 1.71. The third kappa shape index (κ3) is 2.86.